The molecule has 0 radical (unpaired) electrons. The molecule has 1 unspecified atom stereocenters. The van der Waals surface area contributed by atoms with Gasteiger partial charge in [-0.15, -0.1) is 0 Å². The van der Waals surface area contributed by atoms with Gasteiger partial charge >= 0.3 is 5.97 Å². The van der Waals surface area contributed by atoms with E-state index in [2.05, 4.69) is 15.3 Å². The number of aryl methyl sites for hydroxylation is 1. The molecule has 0 aliphatic heterocycles. The van der Waals surface area contributed by atoms with E-state index in [0.717, 1.165) is 5.69 Å². The Balaban J connectivity index is 2.57. The monoisotopic (exact) mass is 239 g/mol. The zero-order valence-electron chi connectivity index (χ0n) is 10.0. The number of rotatable bonds is 7. The van der Waals surface area contributed by atoms with Gasteiger partial charge in [0.15, 0.2) is 0 Å². The van der Waals surface area contributed by atoms with Crippen LogP contribution in [0.5, 0.6) is 0 Å². The molecule has 0 fully saturated rings. The van der Waals surface area contributed by atoms with Crippen LogP contribution in [0.1, 0.15) is 18.5 Å². The van der Waals surface area contributed by atoms with Crippen molar-refractivity contribution < 1.29 is 14.6 Å². The SMILES string of the molecule is COCCCC(Nc1nccc(C)n1)C(=O)O. The van der Waals surface area contributed by atoms with Crippen LogP contribution in [0.15, 0.2) is 12.3 Å². The highest BCUT2D eigenvalue weighted by Gasteiger charge is 2.17. The molecule has 1 aromatic heterocycles. The van der Waals surface area contributed by atoms with Crippen molar-refractivity contribution in [1.82, 2.24) is 9.97 Å². The quantitative estimate of drug-likeness (QED) is 0.692. The van der Waals surface area contributed by atoms with E-state index in [1.807, 2.05) is 6.92 Å². The zero-order valence-corrected chi connectivity index (χ0v) is 10.0. The Morgan fingerprint density at radius 1 is 1.65 bits per heavy atom. The minimum absolute atomic E-state index is 0.342. The van der Waals surface area contributed by atoms with Crippen LogP contribution in [-0.2, 0) is 9.53 Å². The lowest BCUT2D eigenvalue weighted by molar-refractivity contribution is -0.138. The van der Waals surface area contributed by atoms with Crippen LogP contribution in [0, 0.1) is 6.92 Å². The molecule has 1 rings (SSSR count). The number of methoxy groups -OCH3 is 1. The number of nitrogens with one attached hydrogen (secondary N) is 1. The Morgan fingerprint density at radius 2 is 2.41 bits per heavy atom. The molecular formula is C11H17N3O3. The number of carbonyl (C=O) groups is 1. The van der Waals surface area contributed by atoms with Crippen molar-refractivity contribution >= 4 is 11.9 Å². The lowest BCUT2D eigenvalue weighted by Crippen LogP contribution is -2.30. The summed E-state index contributed by atoms with van der Waals surface area (Å²) in [5, 5.41) is 11.8. The summed E-state index contributed by atoms with van der Waals surface area (Å²) in [5.41, 5.74) is 0.795. The van der Waals surface area contributed by atoms with Crippen molar-refractivity contribution in [2.24, 2.45) is 0 Å². The highest BCUT2D eigenvalue weighted by molar-refractivity contribution is 5.76. The molecule has 1 heterocycles. The van der Waals surface area contributed by atoms with Crippen LogP contribution in [0.25, 0.3) is 0 Å². The summed E-state index contributed by atoms with van der Waals surface area (Å²) in [6, 6.07) is 1.07. The average molecular weight is 239 g/mol. The van der Waals surface area contributed by atoms with Gasteiger partial charge in [-0.1, -0.05) is 0 Å². The molecule has 1 aromatic rings. The first-order valence-electron chi connectivity index (χ1n) is 5.41. The van der Waals surface area contributed by atoms with Gasteiger partial charge in [0, 0.05) is 25.6 Å². The minimum atomic E-state index is -0.911. The van der Waals surface area contributed by atoms with Crippen LogP contribution in [-0.4, -0.2) is 40.8 Å². The molecule has 2 N–H and O–H groups in total. The van der Waals surface area contributed by atoms with Gasteiger partial charge in [-0.05, 0) is 25.8 Å². The number of carboxylic acid groups (broad SMARTS) is 1. The second-order valence-corrected chi connectivity index (χ2v) is 3.69. The molecule has 0 saturated carbocycles. The maximum atomic E-state index is 11.0. The lowest BCUT2D eigenvalue weighted by Gasteiger charge is -2.14. The third-order valence-electron chi connectivity index (χ3n) is 2.24. The number of aliphatic carboxylic acids is 1. The molecule has 0 aromatic carbocycles. The molecule has 0 saturated heterocycles. The summed E-state index contributed by atoms with van der Waals surface area (Å²) < 4.78 is 4.89. The molecule has 0 aliphatic carbocycles. The van der Waals surface area contributed by atoms with E-state index in [-0.39, 0.29) is 0 Å². The zero-order chi connectivity index (χ0) is 12.7. The second-order valence-electron chi connectivity index (χ2n) is 3.69. The van der Waals surface area contributed by atoms with E-state index in [1.165, 1.54) is 0 Å². The van der Waals surface area contributed by atoms with Gasteiger partial charge in [-0.25, -0.2) is 14.8 Å². The van der Waals surface area contributed by atoms with Crippen molar-refractivity contribution in [3.05, 3.63) is 18.0 Å². The minimum Gasteiger partial charge on any atom is -0.480 e. The fraction of sp³-hybridized carbons (Fsp3) is 0.545. The highest BCUT2D eigenvalue weighted by Crippen LogP contribution is 2.06. The van der Waals surface area contributed by atoms with E-state index in [4.69, 9.17) is 9.84 Å². The Hall–Kier alpha value is -1.69. The number of carboxylic acids is 1. The number of aromatic nitrogens is 2. The van der Waals surface area contributed by atoms with Crippen LogP contribution in [0.3, 0.4) is 0 Å². The Bertz CT molecular complexity index is 371. The largest absolute Gasteiger partial charge is 0.480 e. The molecule has 17 heavy (non-hydrogen) atoms. The van der Waals surface area contributed by atoms with Gasteiger partial charge in [0.25, 0.3) is 0 Å². The van der Waals surface area contributed by atoms with Crippen LogP contribution < -0.4 is 5.32 Å². The number of nitrogens with zero attached hydrogens (tertiary/aromatic N) is 2. The molecule has 0 spiro atoms. The topological polar surface area (TPSA) is 84.3 Å². The Kier molecular flexibility index (Phi) is 5.35. The van der Waals surface area contributed by atoms with Gasteiger partial charge in [-0.3, -0.25) is 0 Å². The number of hydrogen-bond acceptors (Lipinski definition) is 5. The average Bonchev–Trinajstić information content (AvgIpc) is 2.28. The molecule has 0 aliphatic rings. The third kappa shape index (κ3) is 4.78. The summed E-state index contributed by atoms with van der Waals surface area (Å²) in [4.78, 5) is 19.1. The van der Waals surface area contributed by atoms with Gasteiger partial charge in [0.05, 0.1) is 0 Å². The molecule has 0 amide bonds. The first-order valence-corrected chi connectivity index (χ1v) is 5.41. The molecule has 6 heteroatoms. The smallest absolute Gasteiger partial charge is 0.326 e. The predicted octanol–water partition coefficient (Wildman–Crippen LogP) is 1.08. The molecule has 0 bridgehead atoms. The third-order valence-corrected chi connectivity index (χ3v) is 2.24. The van der Waals surface area contributed by atoms with E-state index >= 15 is 0 Å². The predicted molar refractivity (Wildman–Crippen MR) is 62.9 cm³/mol. The van der Waals surface area contributed by atoms with E-state index in [1.54, 1.807) is 19.4 Å². The van der Waals surface area contributed by atoms with E-state index in [0.29, 0.717) is 25.4 Å². The van der Waals surface area contributed by atoms with Crippen molar-refractivity contribution in [2.75, 3.05) is 19.0 Å². The summed E-state index contributed by atoms with van der Waals surface area (Å²) in [5.74, 6) is -0.568. The summed E-state index contributed by atoms with van der Waals surface area (Å²) in [7, 11) is 1.59. The van der Waals surface area contributed by atoms with Crippen LogP contribution in [0.2, 0.25) is 0 Å². The van der Waals surface area contributed by atoms with Crippen molar-refractivity contribution in [3.63, 3.8) is 0 Å². The van der Waals surface area contributed by atoms with Crippen LogP contribution >= 0.6 is 0 Å². The van der Waals surface area contributed by atoms with Crippen molar-refractivity contribution in [2.45, 2.75) is 25.8 Å². The Labute approximate surface area is 100 Å². The van der Waals surface area contributed by atoms with Crippen LogP contribution in [0.4, 0.5) is 5.95 Å². The van der Waals surface area contributed by atoms with E-state index in [9.17, 15) is 4.79 Å². The van der Waals surface area contributed by atoms with E-state index < -0.39 is 12.0 Å². The fourth-order valence-corrected chi connectivity index (χ4v) is 1.36. The van der Waals surface area contributed by atoms with Gasteiger partial charge < -0.3 is 15.2 Å². The Morgan fingerprint density at radius 3 is 3.00 bits per heavy atom. The summed E-state index contributed by atoms with van der Waals surface area (Å²) >= 11 is 0. The standard InChI is InChI=1S/C11H17N3O3/c1-8-5-6-12-11(13-8)14-9(10(15)16)4-3-7-17-2/h5-6,9H,3-4,7H2,1-2H3,(H,15,16)(H,12,13,14). The molecule has 6 nitrogen and oxygen atoms in total. The van der Waals surface area contributed by atoms with Gasteiger partial charge in [-0.2, -0.15) is 0 Å². The summed E-state index contributed by atoms with van der Waals surface area (Å²) in [6.45, 7) is 2.37. The van der Waals surface area contributed by atoms with Crippen molar-refractivity contribution in [3.8, 4) is 0 Å². The second kappa shape index (κ2) is 6.80. The first-order chi connectivity index (χ1) is 8.13. The van der Waals surface area contributed by atoms with Gasteiger partial charge in [0.2, 0.25) is 5.95 Å². The lowest BCUT2D eigenvalue weighted by atomic mass is 10.1. The molecular weight excluding hydrogens is 222 g/mol. The first kappa shape index (κ1) is 13.4. The number of anilines is 1. The fourth-order valence-electron chi connectivity index (χ4n) is 1.36. The molecule has 1 atom stereocenters. The maximum absolute atomic E-state index is 11.0. The normalized spacial score (nSPS) is 12.1. The maximum Gasteiger partial charge on any atom is 0.326 e. The van der Waals surface area contributed by atoms with Crippen molar-refractivity contribution in [1.29, 1.82) is 0 Å². The highest BCUT2D eigenvalue weighted by atomic mass is 16.5. The number of hydrogen-bond donors (Lipinski definition) is 2. The van der Waals surface area contributed by atoms with Gasteiger partial charge in [0.1, 0.15) is 6.04 Å². The molecule has 94 valence electrons. The summed E-state index contributed by atoms with van der Waals surface area (Å²) in [6.07, 6.45) is 2.74. The number of ether oxygens (including phenoxy) is 1.